The smallest absolute Gasteiger partial charge is 0.0930 e. The molecule has 1 heterocycles. The van der Waals surface area contributed by atoms with E-state index in [1.54, 1.807) is 0 Å². The first-order chi connectivity index (χ1) is 5.98. The lowest BCUT2D eigenvalue weighted by molar-refractivity contribution is 0.162. The maximum atomic E-state index is 9.62. The third-order valence-corrected chi connectivity index (χ3v) is 3.40. The largest absolute Gasteiger partial charge is 0.512 e. The first-order valence-electron chi connectivity index (χ1n) is 5.12. The second-order valence-corrected chi connectivity index (χ2v) is 5.31. The molecule has 2 unspecified atom stereocenters. The molecule has 2 aliphatic rings. The summed E-state index contributed by atoms with van der Waals surface area (Å²) < 4.78 is 0. The Bertz CT molecular complexity index is 239. The Kier molecular flexibility index (Phi) is 1.91. The van der Waals surface area contributed by atoms with Crippen molar-refractivity contribution in [3.63, 3.8) is 0 Å². The summed E-state index contributed by atoms with van der Waals surface area (Å²) in [4.78, 5) is 2.48. The molecule has 0 aromatic heterocycles. The second-order valence-electron chi connectivity index (χ2n) is 5.31. The standard InChI is InChI=1S/C11H19NO/c1-11(2,3)12-6-8-4-5-10(13)9(8)7-12/h5,8-9,13H,4,6-7H2,1-3H3. The van der Waals surface area contributed by atoms with Crippen molar-refractivity contribution in [2.75, 3.05) is 13.1 Å². The first-order valence-corrected chi connectivity index (χ1v) is 5.12. The summed E-state index contributed by atoms with van der Waals surface area (Å²) in [6.45, 7) is 8.92. The van der Waals surface area contributed by atoms with Gasteiger partial charge in [-0.3, -0.25) is 4.90 Å². The number of likely N-dealkylation sites (tertiary alicyclic amines) is 1. The van der Waals surface area contributed by atoms with Gasteiger partial charge < -0.3 is 5.11 Å². The van der Waals surface area contributed by atoms with E-state index in [0.717, 1.165) is 19.5 Å². The van der Waals surface area contributed by atoms with E-state index in [1.807, 2.05) is 6.08 Å². The van der Waals surface area contributed by atoms with E-state index in [-0.39, 0.29) is 5.54 Å². The number of fused-ring (bicyclic) bond motifs is 1. The highest BCUT2D eigenvalue weighted by Gasteiger charge is 2.41. The van der Waals surface area contributed by atoms with Crippen LogP contribution in [0.3, 0.4) is 0 Å². The molecule has 1 saturated heterocycles. The van der Waals surface area contributed by atoms with E-state index >= 15 is 0 Å². The molecule has 2 atom stereocenters. The highest BCUT2D eigenvalue weighted by Crippen LogP contribution is 2.39. The van der Waals surface area contributed by atoms with Gasteiger partial charge in [0, 0.05) is 24.5 Å². The number of aliphatic hydroxyl groups excluding tert-OH is 1. The van der Waals surface area contributed by atoms with Gasteiger partial charge in [-0.2, -0.15) is 0 Å². The molecule has 0 amide bonds. The lowest BCUT2D eigenvalue weighted by Crippen LogP contribution is -2.40. The summed E-state index contributed by atoms with van der Waals surface area (Å²) >= 11 is 0. The molecule has 1 aliphatic carbocycles. The molecule has 2 rings (SSSR count). The summed E-state index contributed by atoms with van der Waals surface area (Å²) in [5, 5.41) is 9.62. The lowest BCUT2D eigenvalue weighted by Gasteiger charge is -2.32. The molecule has 2 nitrogen and oxygen atoms in total. The van der Waals surface area contributed by atoms with Crippen LogP contribution in [-0.4, -0.2) is 28.6 Å². The molecule has 0 aromatic rings. The van der Waals surface area contributed by atoms with Gasteiger partial charge in [-0.05, 0) is 39.2 Å². The Morgan fingerprint density at radius 3 is 2.62 bits per heavy atom. The van der Waals surface area contributed by atoms with Crippen molar-refractivity contribution >= 4 is 0 Å². The minimum absolute atomic E-state index is 0.255. The molecular formula is C11H19NO. The number of rotatable bonds is 0. The van der Waals surface area contributed by atoms with Crippen LogP contribution in [-0.2, 0) is 0 Å². The van der Waals surface area contributed by atoms with Gasteiger partial charge >= 0.3 is 0 Å². The van der Waals surface area contributed by atoms with Gasteiger partial charge in [0.05, 0.1) is 5.76 Å². The zero-order valence-electron chi connectivity index (χ0n) is 8.75. The summed E-state index contributed by atoms with van der Waals surface area (Å²) in [6.07, 6.45) is 3.07. The van der Waals surface area contributed by atoms with E-state index in [2.05, 4.69) is 25.7 Å². The van der Waals surface area contributed by atoms with Gasteiger partial charge in [-0.15, -0.1) is 0 Å². The van der Waals surface area contributed by atoms with E-state index in [4.69, 9.17) is 0 Å². The normalized spacial score (nSPS) is 34.8. The van der Waals surface area contributed by atoms with Crippen molar-refractivity contribution < 1.29 is 5.11 Å². The minimum atomic E-state index is 0.255. The van der Waals surface area contributed by atoms with Crippen LogP contribution in [0.5, 0.6) is 0 Å². The topological polar surface area (TPSA) is 23.5 Å². The maximum Gasteiger partial charge on any atom is 0.0930 e. The number of aliphatic hydroxyl groups is 1. The van der Waals surface area contributed by atoms with Crippen LogP contribution < -0.4 is 0 Å². The van der Waals surface area contributed by atoms with Crippen molar-refractivity contribution in [3.8, 4) is 0 Å². The van der Waals surface area contributed by atoms with Gasteiger partial charge in [-0.1, -0.05) is 0 Å². The molecule has 0 saturated carbocycles. The van der Waals surface area contributed by atoms with Crippen LogP contribution in [0.2, 0.25) is 0 Å². The van der Waals surface area contributed by atoms with Crippen LogP contribution in [0.1, 0.15) is 27.2 Å². The molecule has 1 fully saturated rings. The summed E-state index contributed by atoms with van der Waals surface area (Å²) in [6, 6.07) is 0. The fourth-order valence-electron chi connectivity index (χ4n) is 2.42. The van der Waals surface area contributed by atoms with Gasteiger partial charge in [0.2, 0.25) is 0 Å². The van der Waals surface area contributed by atoms with Crippen LogP contribution in [0.25, 0.3) is 0 Å². The van der Waals surface area contributed by atoms with Crippen molar-refractivity contribution in [1.82, 2.24) is 4.90 Å². The summed E-state index contributed by atoms with van der Waals surface area (Å²) in [7, 11) is 0. The number of allylic oxidation sites excluding steroid dienone is 1. The van der Waals surface area contributed by atoms with Crippen LogP contribution in [0.4, 0.5) is 0 Å². The molecular weight excluding hydrogens is 162 g/mol. The van der Waals surface area contributed by atoms with Gasteiger partial charge in [0.1, 0.15) is 0 Å². The fourth-order valence-corrected chi connectivity index (χ4v) is 2.42. The minimum Gasteiger partial charge on any atom is -0.512 e. The number of hydrogen-bond donors (Lipinski definition) is 1. The molecule has 74 valence electrons. The zero-order chi connectivity index (χ0) is 9.64. The third-order valence-electron chi connectivity index (χ3n) is 3.40. The van der Waals surface area contributed by atoms with E-state index < -0.39 is 0 Å². The first kappa shape index (κ1) is 9.07. The molecule has 0 spiro atoms. The zero-order valence-corrected chi connectivity index (χ0v) is 8.75. The molecule has 13 heavy (non-hydrogen) atoms. The van der Waals surface area contributed by atoms with Crippen LogP contribution in [0, 0.1) is 11.8 Å². The van der Waals surface area contributed by atoms with E-state index in [0.29, 0.717) is 17.6 Å². The molecule has 0 aromatic carbocycles. The highest BCUT2D eigenvalue weighted by atomic mass is 16.3. The van der Waals surface area contributed by atoms with Crippen molar-refractivity contribution in [3.05, 3.63) is 11.8 Å². The van der Waals surface area contributed by atoms with Gasteiger partial charge in [0.15, 0.2) is 0 Å². The average Bonchev–Trinajstić information content (AvgIpc) is 2.51. The van der Waals surface area contributed by atoms with E-state index in [9.17, 15) is 5.11 Å². The highest BCUT2D eigenvalue weighted by molar-refractivity contribution is 5.13. The van der Waals surface area contributed by atoms with Crippen molar-refractivity contribution in [1.29, 1.82) is 0 Å². The Morgan fingerprint density at radius 1 is 1.38 bits per heavy atom. The summed E-state index contributed by atoms with van der Waals surface area (Å²) in [5.41, 5.74) is 0.255. The fraction of sp³-hybridized carbons (Fsp3) is 0.818. The predicted molar refractivity (Wildman–Crippen MR) is 53.6 cm³/mol. The van der Waals surface area contributed by atoms with Gasteiger partial charge in [0.25, 0.3) is 0 Å². The van der Waals surface area contributed by atoms with Gasteiger partial charge in [-0.25, -0.2) is 0 Å². The van der Waals surface area contributed by atoms with E-state index in [1.165, 1.54) is 0 Å². The van der Waals surface area contributed by atoms with Crippen LogP contribution in [0.15, 0.2) is 11.8 Å². The Balaban J connectivity index is 2.07. The number of nitrogens with zero attached hydrogens (tertiary/aromatic N) is 1. The van der Waals surface area contributed by atoms with Crippen molar-refractivity contribution in [2.24, 2.45) is 11.8 Å². The summed E-state index contributed by atoms with van der Waals surface area (Å²) in [5.74, 6) is 1.75. The maximum absolute atomic E-state index is 9.62. The Labute approximate surface area is 80.2 Å². The lowest BCUT2D eigenvalue weighted by atomic mass is 9.99. The molecule has 0 bridgehead atoms. The molecule has 1 aliphatic heterocycles. The molecule has 1 N–H and O–H groups in total. The van der Waals surface area contributed by atoms with Crippen molar-refractivity contribution in [2.45, 2.75) is 32.7 Å². The second kappa shape index (κ2) is 2.74. The Hall–Kier alpha value is -0.500. The number of hydrogen-bond acceptors (Lipinski definition) is 2. The van der Waals surface area contributed by atoms with Crippen LogP contribution >= 0.6 is 0 Å². The monoisotopic (exact) mass is 181 g/mol. The Morgan fingerprint density at radius 2 is 2.08 bits per heavy atom. The SMILES string of the molecule is CC(C)(C)N1CC2CC=C(O)C2C1. The molecule has 0 radical (unpaired) electrons. The molecule has 2 heteroatoms. The average molecular weight is 181 g/mol. The quantitative estimate of drug-likeness (QED) is 0.619. The predicted octanol–water partition coefficient (Wildman–Crippen LogP) is 2.18. The third kappa shape index (κ3) is 1.48.